The number of piperazine rings is 1. The predicted molar refractivity (Wildman–Crippen MR) is 111 cm³/mol. The Bertz CT molecular complexity index is 744. The number of ether oxygens (including phenoxy) is 2. The minimum Gasteiger partial charge on any atom is -0.496 e. The van der Waals surface area contributed by atoms with E-state index in [0.717, 1.165) is 36.3 Å². The van der Waals surface area contributed by atoms with Crippen LogP contribution in [0.3, 0.4) is 0 Å². The summed E-state index contributed by atoms with van der Waals surface area (Å²) in [6, 6.07) is 3.60. The number of nitrogens with zero attached hydrogens (tertiary/aromatic N) is 2. The zero-order valence-corrected chi connectivity index (χ0v) is 18.0. The lowest BCUT2D eigenvalue weighted by atomic mass is 9.99. The monoisotopic (exact) mass is 403 g/mol. The van der Waals surface area contributed by atoms with Crippen molar-refractivity contribution >= 4 is 11.8 Å². The smallest absolute Gasteiger partial charge is 0.237 e. The van der Waals surface area contributed by atoms with E-state index < -0.39 is 6.04 Å². The van der Waals surface area contributed by atoms with Crippen molar-refractivity contribution in [3.63, 3.8) is 0 Å². The molecule has 29 heavy (non-hydrogen) atoms. The summed E-state index contributed by atoms with van der Waals surface area (Å²) < 4.78 is 10.8. The molecule has 2 aliphatic rings. The van der Waals surface area contributed by atoms with Gasteiger partial charge in [0.1, 0.15) is 5.75 Å². The standard InChI is InChI=1S/C22H33N3O4/c1-15-16(2)20(29-4)6-5-17(15)14-25-12-9-23-22(27)19(25)13-21(26)24-10-7-18(28-3)8-11-24/h5-6,18-19H,7-14H2,1-4H3,(H,23,27)/t19-/m1/s1. The van der Waals surface area contributed by atoms with Crippen LogP contribution in [0, 0.1) is 13.8 Å². The maximum absolute atomic E-state index is 12.9. The lowest BCUT2D eigenvalue weighted by molar-refractivity contribution is -0.140. The summed E-state index contributed by atoms with van der Waals surface area (Å²) in [6.07, 6.45) is 2.16. The molecule has 2 heterocycles. The van der Waals surface area contributed by atoms with Gasteiger partial charge in [-0.1, -0.05) is 6.07 Å². The summed E-state index contributed by atoms with van der Waals surface area (Å²) in [6.45, 7) is 7.51. The molecule has 2 fully saturated rings. The fourth-order valence-corrected chi connectivity index (χ4v) is 4.27. The van der Waals surface area contributed by atoms with E-state index in [-0.39, 0.29) is 24.3 Å². The second-order valence-corrected chi connectivity index (χ2v) is 7.97. The highest BCUT2D eigenvalue weighted by Gasteiger charge is 2.34. The molecule has 0 radical (unpaired) electrons. The molecule has 0 aromatic heterocycles. The van der Waals surface area contributed by atoms with Crippen molar-refractivity contribution in [1.82, 2.24) is 15.1 Å². The number of carbonyl (C=O) groups is 2. The molecule has 3 rings (SSSR count). The molecule has 1 aromatic rings. The number of likely N-dealkylation sites (tertiary alicyclic amines) is 1. The van der Waals surface area contributed by atoms with Crippen LogP contribution in [-0.4, -0.2) is 74.2 Å². The molecule has 2 aliphatic heterocycles. The number of hydrogen-bond donors (Lipinski definition) is 1. The van der Waals surface area contributed by atoms with Crippen LogP contribution in [0.1, 0.15) is 36.0 Å². The van der Waals surface area contributed by atoms with Crippen LogP contribution < -0.4 is 10.1 Å². The number of nitrogens with one attached hydrogen (secondary N) is 1. The van der Waals surface area contributed by atoms with Gasteiger partial charge in [-0.3, -0.25) is 14.5 Å². The highest BCUT2D eigenvalue weighted by molar-refractivity contribution is 5.88. The van der Waals surface area contributed by atoms with Crippen molar-refractivity contribution in [1.29, 1.82) is 0 Å². The van der Waals surface area contributed by atoms with Crippen molar-refractivity contribution in [2.45, 2.75) is 51.8 Å². The van der Waals surface area contributed by atoms with Gasteiger partial charge in [-0.15, -0.1) is 0 Å². The van der Waals surface area contributed by atoms with E-state index in [9.17, 15) is 9.59 Å². The molecular weight excluding hydrogens is 370 g/mol. The topological polar surface area (TPSA) is 71.1 Å². The van der Waals surface area contributed by atoms with Gasteiger partial charge in [0, 0.05) is 39.8 Å². The van der Waals surface area contributed by atoms with Gasteiger partial charge in [-0.2, -0.15) is 0 Å². The summed E-state index contributed by atoms with van der Waals surface area (Å²) in [7, 11) is 3.39. The van der Waals surface area contributed by atoms with E-state index in [2.05, 4.69) is 23.2 Å². The minimum absolute atomic E-state index is 0.0502. The molecule has 1 aromatic carbocycles. The molecule has 2 saturated heterocycles. The van der Waals surface area contributed by atoms with E-state index in [4.69, 9.17) is 9.47 Å². The van der Waals surface area contributed by atoms with Crippen LogP contribution >= 0.6 is 0 Å². The lowest BCUT2D eigenvalue weighted by Gasteiger charge is -2.37. The van der Waals surface area contributed by atoms with E-state index in [0.29, 0.717) is 26.2 Å². The Morgan fingerprint density at radius 2 is 1.86 bits per heavy atom. The Hall–Kier alpha value is -2.12. The first kappa shape index (κ1) is 21.6. The molecule has 7 heteroatoms. The van der Waals surface area contributed by atoms with Crippen molar-refractivity contribution < 1.29 is 19.1 Å². The zero-order chi connectivity index (χ0) is 21.0. The quantitative estimate of drug-likeness (QED) is 0.782. The third kappa shape index (κ3) is 4.90. The van der Waals surface area contributed by atoms with Gasteiger partial charge < -0.3 is 19.7 Å². The summed E-state index contributed by atoms with van der Waals surface area (Å²) in [5.74, 6) is 0.863. The molecular formula is C22H33N3O4. The van der Waals surface area contributed by atoms with Crippen LogP contribution in [-0.2, 0) is 20.9 Å². The number of benzene rings is 1. The van der Waals surface area contributed by atoms with Crippen LogP contribution in [0.4, 0.5) is 0 Å². The number of carbonyl (C=O) groups excluding carboxylic acids is 2. The summed E-state index contributed by atoms with van der Waals surface area (Å²) >= 11 is 0. The zero-order valence-electron chi connectivity index (χ0n) is 18.0. The maximum atomic E-state index is 12.9. The van der Waals surface area contributed by atoms with Crippen LogP contribution in [0.15, 0.2) is 12.1 Å². The predicted octanol–water partition coefficient (Wildman–Crippen LogP) is 1.64. The van der Waals surface area contributed by atoms with E-state index in [1.165, 1.54) is 5.56 Å². The Morgan fingerprint density at radius 1 is 1.14 bits per heavy atom. The van der Waals surface area contributed by atoms with Crippen molar-refractivity contribution in [3.8, 4) is 5.75 Å². The van der Waals surface area contributed by atoms with E-state index >= 15 is 0 Å². The normalized spacial score (nSPS) is 21.2. The van der Waals surface area contributed by atoms with Crippen molar-refractivity contribution in [2.24, 2.45) is 0 Å². The summed E-state index contributed by atoms with van der Waals surface area (Å²) in [5, 5.41) is 2.93. The third-order valence-corrected chi connectivity index (χ3v) is 6.38. The Balaban J connectivity index is 1.69. The average molecular weight is 404 g/mol. The number of rotatable bonds is 6. The maximum Gasteiger partial charge on any atom is 0.237 e. The molecule has 1 N–H and O–H groups in total. The SMILES string of the molecule is COc1ccc(CN2CCNC(=O)[C@H]2CC(=O)N2CCC(OC)CC2)c(C)c1C. The van der Waals surface area contributed by atoms with Gasteiger partial charge >= 0.3 is 0 Å². The van der Waals surface area contributed by atoms with E-state index in [1.807, 2.05) is 17.9 Å². The van der Waals surface area contributed by atoms with Gasteiger partial charge in [0.25, 0.3) is 0 Å². The Morgan fingerprint density at radius 3 is 2.52 bits per heavy atom. The first-order valence-corrected chi connectivity index (χ1v) is 10.4. The van der Waals surface area contributed by atoms with Crippen molar-refractivity contribution in [3.05, 3.63) is 28.8 Å². The summed E-state index contributed by atoms with van der Waals surface area (Å²) in [5.41, 5.74) is 3.44. The van der Waals surface area contributed by atoms with Crippen molar-refractivity contribution in [2.75, 3.05) is 40.4 Å². The Labute approximate surface area is 173 Å². The van der Waals surface area contributed by atoms with Gasteiger partial charge in [0.2, 0.25) is 11.8 Å². The molecule has 1 atom stereocenters. The second kappa shape index (κ2) is 9.59. The molecule has 0 unspecified atom stereocenters. The van der Waals surface area contributed by atoms with E-state index in [1.54, 1.807) is 14.2 Å². The van der Waals surface area contributed by atoms with Crippen LogP contribution in [0.25, 0.3) is 0 Å². The number of amides is 2. The van der Waals surface area contributed by atoms with Crippen LogP contribution in [0.5, 0.6) is 5.75 Å². The fourth-order valence-electron chi connectivity index (χ4n) is 4.27. The third-order valence-electron chi connectivity index (χ3n) is 6.38. The highest BCUT2D eigenvalue weighted by atomic mass is 16.5. The average Bonchev–Trinajstić information content (AvgIpc) is 2.74. The molecule has 7 nitrogen and oxygen atoms in total. The van der Waals surface area contributed by atoms with Gasteiger partial charge in [-0.25, -0.2) is 0 Å². The highest BCUT2D eigenvalue weighted by Crippen LogP contribution is 2.26. The lowest BCUT2D eigenvalue weighted by Crippen LogP contribution is -2.56. The second-order valence-electron chi connectivity index (χ2n) is 7.97. The molecule has 0 bridgehead atoms. The molecule has 0 spiro atoms. The van der Waals surface area contributed by atoms with Gasteiger partial charge in [0.15, 0.2) is 0 Å². The fraction of sp³-hybridized carbons (Fsp3) is 0.636. The summed E-state index contributed by atoms with van der Waals surface area (Å²) in [4.78, 5) is 29.5. The van der Waals surface area contributed by atoms with Gasteiger partial charge in [-0.05, 0) is 49.4 Å². The molecule has 2 amide bonds. The number of hydrogen-bond acceptors (Lipinski definition) is 5. The van der Waals surface area contributed by atoms with Crippen LogP contribution in [0.2, 0.25) is 0 Å². The first-order chi connectivity index (χ1) is 13.9. The molecule has 0 aliphatic carbocycles. The number of piperidine rings is 1. The Kier molecular flexibility index (Phi) is 7.14. The number of methoxy groups -OCH3 is 2. The largest absolute Gasteiger partial charge is 0.496 e. The van der Waals surface area contributed by atoms with Gasteiger partial charge in [0.05, 0.1) is 25.7 Å². The first-order valence-electron chi connectivity index (χ1n) is 10.4. The molecule has 160 valence electrons. The molecule has 0 saturated carbocycles. The minimum atomic E-state index is -0.432.